The van der Waals surface area contributed by atoms with Crippen LogP contribution in [0.25, 0.3) is 10.8 Å². The monoisotopic (exact) mass is 299 g/mol. The molecule has 0 unspecified atom stereocenters. The molecule has 3 rings (SSSR count). The molecule has 1 heterocycles. The molecule has 104 valence electrons. The average Bonchev–Trinajstić information content (AvgIpc) is 2.48. The van der Waals surface area contributed by atoms with Gasteiger partial charge in [-0.15, -0.1) is 0 Å². The second-order valence-corrected chi connectivity index (χ2v) is 4.69. The van der Waals surface area contributed by atoms with Crippen LogP contribution in [0.4, 0.5) is 5.82 Å². The number of anilines is 1. The summed E-state index contributed by atoms with van der Waals surface area (Å²) in [5, 5.41) is 14.3. The number of rotatable bonds is 2. The summed E-state index contributed by atoms with van der Waals surface area (Å²) in [5.41, 5.74) is 0.170. The molecule has 0 radical (unpaired) electrons. The largest absolute Gasteiger partial charge is 0.506 e. The first-order valence-electron chi connectivity index (χ1n) is 6.16. The Morgan fingerprint density at radius 1 is 1.14 bits per heavy atom. The van der Waals surface area contributed by atoms with E-state index in [-0.39, 0.29) is 22.4 Å². The molecular weight excluding hydrogens is 290 g/mol. The molecule has 0 aliphatic carbocycles. The smallest absolute Gasteiger partial charge is 0.260 e. The Hall–Kier alpha value is -2.66. The van der Waals surface area contributed by atoms with Gasteiger partial charge in [0.1, 0.15) is 11.6 Å². The first kappa shape index (κ1) is 13.3. The zero-order chi connectivity index (χ0) is 14.8. The van der Waals surface area contributed by atoms with E-state index in [9.17, 15) is 9.90 Å². The normalized spacial score (nSPS) is 10.5. The van der Waals surface area contributed by atoms with E-state index in [1.54, 1.807) is 24.3 Å². The Morgan fingerprint density at radius 3 is 2.76 bits per heavy atom. The topological polar surface area (TPSA) is 75.1 Å². The molecule has 2 aromatic carbocycles. The van der Waals surface area contributed by atoms with Crippen molar-refractivity contribution in [3.8, 4) is 5.75 Å². The Balaban J connectivity index is 1.96. The summed E-state index contributed by atoms with van der Waals surface area (Å²) >= 11 is 5.66. The number of fused-ring (bicyclic) bond motifs is 1. The molecule has 3 aromatic rings. The van der Waals surface area contributed by atoms with Gasteiger partial charge in [-0.3, -0.25) is 4.79 Å². The quantitative estimate of drug-likeness (QED) is 0.712. The number of carbonyl (C=O) groups is 1. The fraction of sp³-hybridized carbons (Fsp3) is 0. The maximum absolute atomic E-state index is 12.2. The minimum Gasteiger partial charge on any atom is -0.506 e. The van der Waals surface area contributed by atoms with Gasteiger partial charge in [-0.05, 0) is 29.1 Å². The summed E-state index contributed by atoms with van der Waals surface area (Å²) in [7, 11) is 0. The first-order chi connectivity index (χ1) is 10.1. The van der Waals surface area contributed by atoms with Crippen molar-refractivity contribution in [2.45, 2.75) is 0 Å². The van der Waals surface area contributed by atoms with Crippen LogP contribution in [0.5, 0.6) is 5.75 Å². The molecule has 1 amide bonds. The maximum atomic E-state index is 12.2. The first-order valence-corrected chi connectivity index (χ1v) is 6.53. The lowest BCUT2D eigenvalue weighted by Gasteiger charge is -2.08. The van der Waals surface area contributed by atoms with Crippen LogP contribution in [0.3, 0.4) is 0 Å². The van der Waals surface area contributed by atoms with Crippen LogP contribution in [0.1, 0.15) is 10.4 Å². The van der Waals surface area contributed by atoms with E-state index < -0.39 is 5.91 Å². The predicted octanol–water partition coefficient (Wildman–Crippen LogP) is 3.24. The summed E-state index contributed by atoms with van der Waals surface area (Å²) in [6.07, 6.45) is 1.44. The van der Waals surface area contributed by atoms with E-state index in [0.717, 1.165) is 5.39 Å². The number of nitrogens with zero attached hydrogens (tertiary/aromatic N) is 2. The van der Waals surface area contributed by atoms with Crippen LogP contribution in [-0.2, 0) is 0 Å². The van der Waals surface area contributed by atoms with E-state index >= 15 is 0 Å². The number of carbonyl (C=O) groups excluding carboxylic acids is 1. The number of phenols is 1. The molecular formula is C15H10ClN3O2. The van der Waals surface area contributed by atoms with Gasteiger partial charge in [-0.2, -0.15) is 0 Å². The molecule has 0 atom stereocenters. The van der Waals surface area contributed by atoms with Crippen LogP contribution in [0, 0.1) is 0 Å². The van der Waals surface area contributed by atoms with Gasteiger partial charge in [0.2, 0.25) is 5.28 Å². The fourth-order valence-corrected chi connectivity index (χ4v) is 2.17. The minimum atomic E-state index is -0.465. The standard InChI is InChI=1S/C15H10ClN3O2/c16-15-17-8-7-12(19-15)18-14(21)11-6-5-9-3-1-2-4-10(9)13(11)20/h1-8,20H,(H,17,18,19,21). The van der Waals surface area contributed by atoms with Crippen molar-refractivity contribution in [2.75, 3.05) is 5.32 Å². The summed E-state index contributed by atoms with van der Waals surface area (Å²) in [6, 6.07) is 12.1. The van der Waals surface area contributed by atoms with Crippen LogP contribution in [-0.4, -0.2) is 21.0 Å². The molecule has 21 heavy (non-hydrogen) atoms. The third kappa shape index (κ3) is 2.64. The van der Waals surface area contributed by atoms with Gasteiger partial charge in [0, 0.05) is 11.6 Å². The highest BCUT2D eigenvalue weighted by Gasteiger charge is 2.14. The lowest BCUT2D eigenvalue weighted by Crippen LogP contribution is -2.13. The van der Waals surface area contributed by atoms with Gasteiger partial charge in [0.05, 0.1) is 5.56 Å². The molecule has 0 spiro atoms. The molecule has 6 heteroatoms. The zero-order valence-corrected chi connectivity index (χ0v) is 11.5. The van der Waals surface area contributed by atoms with Crippen LogP contribution in [0.15, 0.2) is 48.7 Å². The number of aromatic nitrogens is 2. The van der Waals surface area contributed by atoms with E-state index in [1.165, 1.54) is 12.3 Å². The third-order valence-corrected chi connectivity index (χ3v) is 3.20. The number of benzene rings is 2. The lowest BCUT2D eigenvalue weighted by atomic mass is 10.0. The van der Waals surface area contributed by atoms with Crippen molar-refractivity contribution in [1.82, 2.24) is 9.97 Å². The number of halogens is 1. The van der Waals surface area contributed by atoms with Crippen molar-refractivity contribution in [2.24, 2.45) is 0 Å². The van der Waals surface area contributed by atoms with Crippen LogP contribution >= 0.6 is 11.6 Å². The number of hydrogen-bond acceptors (Lipinski definition) is 4. The number of aromatic hydroxyl groups is 1. The van der Waals surface area contributed by atoms with Crippen LogP contribution < -0.4 is 5.32 Å². The van der Waals surface area contributed by atoms with E-state index in [0.29, 0.717) is 5.39 Å². The van der Waals surface area contributed by atoms with Gasteiger partial charge in [-0.1, -0.05) is 30.3 Å². The Kier molecular flexibility index (Phi) is 3.41. The molecule has 1 aromatic heterocycles. The highest BCUT2D eigenvalue weighted by Crippen LogP contribution is 2.28. The second-order valence-electron chi connectivity index (χ2n) is 4.35. The van der Waals surface area contributed by atoms with Gasteiger partial charge in [-0.25, -0.2) is 9.97 Å². The van der Waals surface area contributed by atoms with Gasteiger partial charge in [0.25, 0.3) is 5.91 Å². The molecule has 5 nitrogen and oxygen atoms in total. The lowest BCUT2D eigenvalue weighted by molar-refractivity contribution is 0.102. The van der Waals surface area contributed by atoms with Crippen molar-refractivity contribution in [3.63, 3.8) is 0 Å². The number of nitrogens with one attached hydrogen (secondary N) is 1. The van der Waals surface area contributed by atoms with Crippen molar-refractivity contribution >= 4 is 34.1 Å². The van der Waals surface area contributed by atoms with Gasteiger partial charge >= 0.3 is 0 Å². The molecule has 0 bridgehead atoms. The molecule has 2 N–H and O–H groups in total. The summed E-state index contributed by atoms with van der Waals surface area (Å²) < 4.78 is 0. The molecule has 0 aliphatic heterocycles. The zero-order valence-electron chi connectivity index (χ0n) is 10.7. The summed E-state index contributed by atoms with van der Waals surface area (Å²) in [4.78, 5) is 19.8. The van der Waals surface area contributed by atoms with E-state index in [4.69, 9.17) is 11.6 Å². The highest BCUT2D eigenvalue weighted by atomic mass is 35.5. The van der Waals surface area contributed by atoms with Gasteiger partial charge < -0.3 is 10.4 Å². The van der Waals surface area contributed by atoms with E-state index in [2.05, 4.69) is 15.3 Å². The minimum absolute atomic E-state index is 0.0375. The SMILES string of the molecule is O=C(Nc1ccnc(Cl)n1)c1ccc2ccccc2c1O. The third-order valence-electron chi connectivity index (χ3n) is 3.01. The predicted molar refractivity (Wildman–Crippen MR) is 80.6 cm³/mol. The van der Waals surface area contributed by atoms with Gasteiger partial charge in [0.15, 0.2) is 0 Å². The average molecular weight is 300 g/mol. The summed E-state index contributed by atoms with van der Waals surface area (Å²) in [6.45, 7) is 0. The number of phenolic OH excluding ortho intramolecular Hbond substituents is 1. The van der Waals surface area contributed by atoms with Crippen molar-refractivity contribution in [3.05, 3.63) is 59.5 Å². The molecule has 0 fully saturated rings. The summed E-state index contributed by atoms with van der Waals surface area (Å²) in [5.74, 6) is -0.258. The second kappa shape index (κ2) is 5.38. The highest BCUT2D eigenvalue weighted by molar-refractivity contribution is 6.28. The maximum Gasteiger partial charge on any atom is 0.260 e. The fourth-order valence-electron chi connectivity index (χ4n) is 2.03. The van der Waals surface area contributed by atoms with Crippen LogP contribution in [0.2, 0.25) is 5.28 Å². The molecule has 0 saturated heterocycles. The molecule has 0 saturated carbocycles. The Labute approximate surface area is 125 Å². The van der Waals surface area contributed by atoms with Crippen molar-refractivity contribution < 1.29 is 9.90 Å². The van der Waals surface area contributed by atoms with E-state index in [1.807, 2.05) is 12.1 Å². The number of amides is 1. The Morgan fingerprint density at radius 2 is 1.95 bits per heavy atom. The Bertz CT molecular complexity index is 836. The number of hydrogen-bond donors (Lipinski definition) is 2. The van der Waals surface area contributed by atoms with Crippen molar-refractivity contribution in [1.29, 1.82) is 0 Å². The molecule has 0 aliphatic rings.